The minimum absolute atomic E-state index is 0. The number of hydrogen-bond acceptors (Lipinski definition) is 18. The SMILES string of the molecule is C.C#C.C=C1CCC[N+]2=C1/C(=C\C)CCC2.C=C1CCC[N+]2=C1/C(=C\C)CCC2.C=N.C=O.CCCC[C@H]1CCCS1.Cc1ccc(C)cc1.Cc1ccc(C)cc1.FF.FF.FF.FF.FF.FF.N.N.N.N#N.N#N.N/N=C/c1ccccc1.O.O.O.O.O.O=C=O.O=C=O.P.P.[HH].[HH].c1cc2c3c(c1)CCCN3CCC2.c1cc2c3c(c1)CCCN3CCC2. The molecule has 0 radical (unpaired) electrons. The molecule has 9 aliphatic heterocycles. The number of nitrogens with one attached hydrogen (secondary N) is 1. The van der Waals surface area contributed by atoms with Gasteiger partial charge in [0.1, 0.15) is 33.0 Å². The highest BCUT2D eigenvalue weighted by Gasteiger charge is 2.31. The number of unbranched alkanes of at least 4 members (excludes halogenated alkanes) is 1. The van der Waals surface area contributed by atoms with E-state index in [0.717, 1.165) is 10.8 Å². The van der Waals surface area contributed by atoms with Crippen LogP contribution in [0.4, 0.5) is 66.3 Å². The summed E-state index contributed by atoms with van der Waals surface area (Å²) in [6, 6.07) is 40.3. The zero-order chi connectivity index (χ0) is 88.3. The predicted octanol–water partition coefficient (Wildman–Crippen LogP) is 20.4. The number of hydrogen-bond donors (Lipinski definition) is 5. The number of para-hydroxylation sites is 2. The lowest BCUT2D eigenvalue weighted by molar-refractivity contribution is -0.533. The third-order valence-corrected chi connectivity index (χ3v) is 19.5. The van der Waals surface area contributed by atoms with Gasteiger partial charge in [-0.2, -0.15) is 55.8 Å². The van der Waals surface area contributed by atoms with E-state index >= 15 is 0 Å². The number of hydrazone groups is 1. The molecule has 125 heavy (non-hydrogen) atoms. The normalized spacial score (nSPS) is 14.0. The molecule has 3 atom stereocenters. The lowest BCUT2D eigenvalue weighted by Gasteiger charge is -2.36. The molecular weight excluding hydrogens is 1710 g/mol. The first-order valence-electron chi connectivity index (χ1n) is 36.6. The van der Waals surface area contributed by atoms with Gasteiger partial charge in [-0.1, -0.05) is 190 Å². The molecule has 0 amide bonds. The number of halogens is 12. The zero-order valence-electron chi connectivity index (χ0n) is 73.1. The summed E-state index contributed by atoms with van der Waals surface area (Å²) in [7, 11) is 0. The van der Waals surface area contributed by atoms with Crippen molar-refractivity contribution in [2.45, 2.75) is 196 Å². The molecule has 5 aromatic rings. The average Bonchev–Trinajstić information content (AvgIpc) is 0.830. The second kappa shape index (κ2) is 116. The van der Waals surface area contributed by atoms with Gasteiger partial charge in [-0.3, -0.25) is 0 Å². The van der Waals surface area contributed by atoms with Gasteiger partial charge in [0.25, 0.3) is 0 Å². The first-order valence-corrected chi connectivity index (χ1v) is 37.7. The molecule has 2 unspecified atom stereocenters. The van der Waals surface area contributed by atoms with E-state index in [4.69, 9.17) is 112 Å². The van der Waals surface area contributed by atoms with Crippen LogP contribution in [-0.4, -0.2) is 143 Å². The Labute approximate surface area is 747 Å². The number of anilines is 2. The minimum Gasteiger partial charge on any atom is -0.412 e. The number of carbonyl (C=O) groups excluding carboxylic acids is 5. The maximum atomic E-state index is 8.12. The maximum absolute atomic E-state index is 8.12. The third-order valence-electron chi connectivity index (χ3n) is 18.1. The molecule has 0 aliphatic carbocycles. The van der Waals surface area contributed by atoms with Gasteiger partial charge >= 0.3 is 12.3 Å². The fraction of sp³-hybridized carbons (Fsp3) is 0.453. The fourth-order valence-corrected chi connectivity index (χ4v) is 14.9. The van der Waals surface area contributed by atoms with E-state index in [1.54, 1.807) is 39.8 Å². The van der Waals surface area contributed by atoms with Crippen LogP contribution in [-0.2, 0) is 49.7 Å². The Bertz CT molecular complexity index is 3290. The summed E-state index contributed by atoms with van der Waals surface area (Å²) < 4.78 is 101. The van der Waals surface area contributed by atoms with Crippen molar-refractivity contribution in [1.82, 2.24) is 18.5 Å². The Morgan fingerprint density at radius 2 is 0.752 bits per heavy atom. The number of thioether (sulfide) groups is 1. The van der Waals surface area contributed by atoms with Crippen molar-refractivity contribution < 1.29 is 118 Å². The molecule has 39 heteroatoms. The lowest BCUT2D eigenvalue weighted by atomic mass is 9.90. The maximum Gasteiger partial charge on any atom is 0.373 e. The van der Waals surface area contributed by atoms with Crippen molar-refractivity contribution in [2.75, 3.05) is 67.9 Å². The number of rotatable bonds is 4. The van der Waals surface area contributed by atoms with Crippen LogP contribution in [0.15, 0.2) is 168 Å². The highest BCUT2D eigenvalue weighted by Crippen LogP contribution is 2.36. The molecule has 22 N–H and O–H groups in total. The van der Waals surface area contributed by atoms with Crippen LogP contribution >= 0.6 is 31.6 Å². The first-order chi connectivity index (χ1) is 55.8. The van der Waals surface area contributed by atoms with Crippen LogP contribution in [0, 0.1) is 67.5 Å². The Kier molecular flexibility index (Phi) is 148. The van der Waals surface area contributed by atoms with Crippen LogP contribution in [0.3, 0.4) is 0 Å². The number of benzene rings is 5. The second-order valence-electron chi connectivity index (χ2n) is 25.1. The molecule has 0 aromatic heterocycles. The molecule has 9 aliphatic rings. The fourth-order valence-electron chi connectivity index (χ4n) is 13.5. The van der Waals surface area contributed by atoms with Gasteiger partial charge in [0.2, 0.25) is 11.4 Å². The molecule has 1 fully saturated rings. The summed E-state index contributed by atoms with van der Waals surface area (Å²) in [6.45, 7) is 37.9. The molecular formula is C86H150F12N14O10P2S+2. The number of nitrogens with two attached hydrogens (primary N) is 1. The van der Waals surface area contributed by atoms with E-state index in [1.165, 1.54) is 249 Å². The molecule has 1 saturated heterocycles. The molecule has 5 aromatic carbocycles. The number of carbonyl (C=O) groups is 1. The number of terminal acetylenes is 1. The van der Waals surface area contributed by atoms with Crippen LogP contribution < -0.4 is 34.1 Å². The third kappa shape index (κ3) is 69.0. The standard InChI is InChI=1S/2C12H15N.2C12H18N.C8H16S.2C8H10.C7H8N2.C2H2.CH3N.2CO2.CH2O.CH4.6F2.2N2.3H3N.5H2O.2H3P.2H2/c2*1-4-10-6-2-8-13-9-3-7-11(5-1)12(10)13;2*1-3-11-7-5-9-13-8-4-6-10(2)12(11)13;1-2-3-5-8-6-4-7-9-8;2*1-7-3-5-8(2)6-4-7;8-9-6-7-4-2-1-3-5-7;2*1-2;2*2-1-3;1-2;;8*1-2;;;;;;;;;;;;/h2*1,4-5H,2-3,6-9H2;2*3H,2,4-9H2,1H3;8H,2-7H2,1H3;2*3-6H,1-2H3;1-6H,8H2;1-2H;2H,1H2;;;1H2;1H4;;;;;;;;;3*1H3;5*1H2;2*1H3;2*1H/q;;2*+1;;;;;;;;;;;;;;;;;;;;;;;;;;;;;;/b;;2*11-3-;;;;9-6+;;;;;;;;;;;;;;;;;;;;;;;;;;/t;;;;8-;;;;;;;;;;;;;;;;;;;;;;;;;;;;;/m....0............................./s1. The van der Waals surface area contributed by atoms with Gasteiger partial charge in [-0.25, -0.2) is 9.15 Å². The van der Waals surface area contributed by atoms with Gasteiger partial charge in [-0.15, -0.1) is 12.8 Å². The monoisotopic (exact) mass is 1860 g/mol. The van der Waals surface area contributed by atoms with Crippen LogP contribution in [0.1, 0.15) is 190 Å². The van der Waals surface area contributed by atoms with E-state index in [1.807, 2.05) is 37.1 Å². The molecule has 24 nitrogen and oxygen atoms in total. The molecule has 0 bridgehead atoms. The Morgan fingerprint density at radius 3 is 0.984 bits per heavy atom. The lowest BCUT2D eigenvalue weighted by Crippen LogP contribution is -2.34. The van der Waals surface area contributed by atoms with E-state index < -0.39 is 0 Å². The van der Waals surface area contributed by atoms with Gasteiger partial charge in [0.05, 0.1) is 6.21 Å². The summed E-state index contributed by atoms with van der Waals surface area (Å²) in [5, 5.41) is 33.9. The number of allylic oxidation sites excluding steroid dienone is 6. The van der Waals surface area contributed by atoms with Gasteiger partial charge in [0, 0.05) is 170 Å². The Balaban J connectivity index is -0.0000000545. The second-order valence-corrected chi connectivity index (χ2v) is 26.5. The Hall–Kier alpha value is -9.98. The van der Waals surface area contributed by atoms with Crippen LogP contribution in [0.25, 0.3) is 0 Å². The highest BCUT2D eigenvalue weighted by atomic mass is 32.2. The van der Waals surface area contributed by atoms with Crippen molar-refractivity contribution in [3.05, 3.63) is 213 Å². The van der Waals surface area contributed by atoms with E-state index in [0.29, 0.717) is 0 Å². The van der Waals surface area contributed by atoms with E-state index in [9.17, 15) is 0 Å². The number of aryl methyl sites for hydroxylation is 8. The summed E-state index contributed by atoms with van der Waals surface area (Å²) in [4.78, 5) is 45.7. The molecule has 722 valence electrons. The molecule has 0 spiro atoms. The topological polar surface area (TPSA) is 518 Å². The smallest absolute Gasteiger partial charge is 0.373 e. The minimum atomic E-state index is 0. The molecule has 0 saturated carbocycles. The van der Waals surface area contributed by atoms with Crippen molar-refractivity contribution in [3.63, 3.8) is 0 Å². The van der Waals surface area contributed by atoms with Crippen molar-refractivity contribution >= 4 is 86.4 Å². The quantitative estimate of drug-likeness (QED) is 0.0163. The highest BCUT2D eigenvalue weighted by molar-refractivity contribution is 8.00. The summed E-state index contributed by atoms with van der Waals surface area (Å²) >= 11 is 2.18. The summed E-state index contributed by atoms with van der Waals surface area (Å²) in [6.07, 6.45) is 42.5. The first kappa shape index (κ1) is 159. The van der Waals surface area contributed by atoms with E-state index in [2.05, 4.69) is 214 Å². The Morgan fingerprint density at radius 1 is 0.488 bits per heavy atom. The van der Waals surface area contributed by atoms with Gasteiger partial charge < -0.3 is 71.7 Å². The zero-order valence-corrected chi connectivity index (χ0v) is 76.7. The average molecular weight is 1860 g/mol. The van der Waals surface area contributed by atoms with Crippen molar-refractivity contribution in [3.8, 4) is 12.8 Å². The van der Waals surface area contributed by atoms with Gasteiger partial charge in [-0.05, 0) is 178 Å². The van der Waals surface area contributed by atoms with E-state index in [-0.39, 0.29) is 88.2 Å². The van der Waals surface area contributed by atoms with Crippen LogP contribution in [0.2, 0.25) is 0 Å². The molecule has 9 heterocycles. The summed E-state index contributed by atoms with van der Waals surface area (Å²) in [5.41, 5.74) is 24.6. The van der Waals surface area contributed by atoms with Crippen LogP contribution in [0.5, 0.6) is 0 Å². The molecule has 14 rings (SSSR count). The predicted molar refractivity (Wildman–Crippen MR) is 502 cm³/mol. The number of nitrogens with zero attached hydrogens (tertiary/aromatic N) is 9. The largest absolute Gasteiger partial charge is 0.412 e. The summed E-state index contributed by atoms with van der Waals surface area (Å²) in [5.74, 6) is 6.35. The van der Waals surface area contributed by atoms with Gasteiger partial charge in [0.15, 0.2) is 0 Å². The van der Waals surface area contributed by atoms with Crippen molar-refractivity contribution in [1.29, 1.82) is 27.0 Å². The van der Waals surface area contributed by atoms with Crippen molar-refractivity contribution in [2.24, 2.45) is 10.9 Å².